The van der Waals surface area contributed by atoms with Crippen LogP contribution in [0.1, 0.15) is 32.1 Å². The number of ether oxygens (including phenoxy) is 1. The van der Waals surface area contributed by atoms with E-state index in [9.17, 15) is 0 Å². The van der Waals surface area contributed by atoms with E-state index in [4.69, 9.17) is 9.26 Å². The molecular formula is C15H20ClN3O2. The minimum Gasteiger partial charge on any atom is -0.497 e. The van der Waals surface area contributed by atoms with Crippen LogP contribution in [0.3, 0.4) is 0 Å². The molecule has 1 N–H and O–H groups in total. The van der Waals surface area contributed by atoms with E-state index in [1.54, 1.807) is 7.11 Å². The highest BCUT2D eigenvalue weighted by molar-refractivity contribution is 5.85. The highest BCUT2D eigenvalue weighted by atomic mass is 35.5. The van der Waals surface area contributed by atoms with Crippen LogP contribution in [0.5, 0.6) is 5.75 Å². The maximum Gasteiger partial charge on any atom is 0.246 e. The Balaban J connectivity index is 0.00000161. The molecule has 0 radical (unpaired) electrons. The Hall–Kier alpha value is -1.59. The van der Waals surface area contributed by atoms with Gasteiger partial charge in [-0.3, -0.25) is 0 Å². The van der Waals surface area contributed by atoms with Gasteiger partial charge in [0.25, 0.3) is 0 Å². The van der Waals surface area contributed by atoms with Crippen molar-refractivity contribution in [3.63, 3.8) is 0 Å². The minimum absolute atomic E-state index is 0. The quantitative estimate of drug-likeness (QED) is 0.943. The van der Waals surface area contributed by atoms with Crippen LogP contribution in [-0.2, 0) is 5.54 Å². The maximum atomic E-state index is 5.47. The highest BCUT2D eigenvalue weighted by Gasteiger charge is 2.34. The van der Waals surface area contributed by atoms with Gasteiger partial charge in [-0.05, 0) is 44.9 Å². The van der Waals surface area contributed by atoms with Crippen molar-refractivity contribution >= 4 is 12.4 Å². The predicted molar refractivity (Wildman–Crippen MR) is 82.7 cm³/mol. The van der Waals surface area contributed by atoms with Crippen molar-refractivity contribution in [3.05, 3.63) is 30.2 Å². The Kier molecular flexibility index (Phi) is 4.85. The zero-order valence-electron chi connectivity index (χ0n) is 12.3. The fraction of sp³-hybridized carbons (Fsp3) is 0.467. The fourth-order valence-corrected chi connectivity index (χ4v) is 2.57. The van der Waals surface area contributed by atoms with Crippen molar-refractivity contribution < 1.29 is 9.26 Å². The van der Waals surface area contributed by atoms with Crippen LogP contribution in [0, 0.1) is 0 Å². The molecule has 114 valence electrons. The molecule has 3 rings (SSSR count). The number of benzene rings is 1. The van der Waals surface area contributed by atoms with Crippen LogP contribution in [0.25, 0.3) is 11.4 Å². The van der Waals surface area contributed by atoms with Gasteiger partial charge in [0.1, 0.15) is 5.75 Å². The molecule has 1 saturated heterocycles. The van der Waals surface area contributed by atoms with Crippen LogP contribution in [0.4, 0.5) is 0 Å². The number of rotatable bonds is 3. The molecule has 0 bridgehead atoms. The fourth-order valence-electron chi connectivity index (χ4n) is 2.57. The molecule has 1 aromatic heterocycles. The lowest BCUT2D eigenvalue weighted by Crippen LogP contribution is -2.43. The standard InChI is InChI=1S/C15H19N3O2.ClH/c1-15(8-3-4-9-16-15)14-17-13(18-20-14)11-6-5-7-12(10-11)19-2;/h5-7,10,16H,3-4,8-9H2,1-2H3;1H. The van der Waals surface area contributed by atoms with E-state index >= 15 is 0 Å². The second-order valence-electron chi connectivity index (χ2n) is 5.37. The number of halogens is 1. The Bertz CT molecular complexity index is 594. The third-order valence-electron chi connectivity index (χ3n) is 3.84. The molecule has 1 unspecified atom stereocenters. The first-order chi connectivity index (χ1) is 9.71. The Morgan fingerprint density at radius 2 is 2.19 bits per heavy atom. The third kappa shape index (κ3) is 3.19. The largest absolute Gasteiger partial charge is 0.497 e. The molecule has 1 aliphatic rings. The van der Waals surface area contributed by atoms with Gasteiger partial charge < -0.3 is 14.6 Å². The zero-order chi connectivity index (χ0) is 14.0. The van der Waals surface area contributed by atoms with Crippen molar-refractivity contribution in [1.29, 1.82) is 0 Å². The first-order valence-corrected chi connectivity index (χ1v) is 6.95. The number of nitrogens with zero attached hydrogens (tertiary/aromatic N) is 2. The molecule has 1 aliphatic heterocycles. The van der Waals surface area contributed by atoms with Gasteiger partial charge in [-0.2, -0.15) is 4.98 Å². The van der Waals surface area contributed by atoms with Gasteiger partial charge in [-0.1, -0.05) is 17.3 Å². The second-order valence-corrected chi connectivity index (χ2v) is 5.37. The molecule has 1 fully saturated rings. The van der Waals surface area contributed by atoms with E-state index in [1.165, 1.54) is 12.8 Å². The van der Waals surface area contributed by atoms with Crippen molar-refractivity contribution in [2.24, 2.45) is 0 Å². The average molecular weight is 310 g/mol. The topological polar surface area (TPSA) is 60.2 Å². The molecule has 0 spiro atoms. The lowest BCUT2D eigenvalue weighted by Gasteiger charge is -2.31. The maximum absolute atomic E-state index is 5.47. The molecule has 0 aliphatic carbocycles. The molecule has 6 heteroatoms. The van der Waals surface area contributed by atoms with E-state index in [0.717, 1.165) is 24.3 Å². The summed E-state index contributed by atoms with van der Waals surface area (Å²) >= 11 is 0. The summed E-state index contributed by atoms with van der Waals surface area (Å²) in [6.07, 6.45) is 3.40. The number of nitrogens with one attached hydrogen (secondary N) is 1. The monoisotopic (exact) mass is 309 g/mol. The number of methoxy groups -OCH3 is 1. The molecule has 1 aromatic carbocycles. The summed E-state index contributed by atoms with van der Waals surface area (Å²) in [6, 6.07) is 7.68. The number of aromatic nitrogens is 2. The molecule has 0 amide bonds. The number of hydrogen-bond acceptors (Lipinski definition) is 5. The Morgan fingerprint density at radius 3 is 2.90 bits per heavy atom. The third-order valence-corrected chi connectivity index (χ3v) is 3.84. The van der Waals surface area contributed by atoms with Crippen LogP contribution < -0.4 is 10.1 Å². The normalized spacial score (nSPS) is 21.6. The zero-order valence-corrected chi connectivity index (χ0v) is 13.1. The summed E-state index contributed by atoms with van der Waals surface area (Å²) in [5.41, 5.74) is 0.696. The minimum atomic E-state index is -0.206. The van der Waals surface area contributed by atoms with Crippen LogP contribution >= 0.6 is 12.4 Å². The molecular weight excluding hydrogens is 290 g/mol. The summed E-state index contributed by atoms with van der Waals surface area (Å²) in [5.74, 6) is 2.05. The number of piperidine rings is 1. The molecule has 21 heavy (non-hydrogen) atoms. The van der Waals surface area contributed by atoms with Gasteiger partial charge in [0, 0.05) is 5.56 Å². The SMILES string of the molecule is COc1cccc(-c2noc(C3(C)CCCCN3)n2)c1.Cl. The lowest BCUT2D eigenvalue weighted by molar-refractivity contribution is 0.207. The molecule has 2 heterocycles. The molecule has 2 aromatic rings. The Labute approximate surface area is 130 Å². The summed E-state index contributed by atoms with van der Waals surface area (Å²) in [4.78, 5) is 4.56. The summed E-state index contributed by atoms with van der Waals surface area (Å²) in [7, 11) is 1.65. The van der Waals surface area contributed by atoms with Gasteiger partial charge in [0.2, 0.25) is 11.7 Å². The summed E-state index contributed by atoms with van der Waals surface area (Å²) in [5, 5.41) is 7.58. The van der Waals surface area contributed by atoms with E-state index in [1.807, 2.05) is 24.3 Å². The molecule has 5 nitrogen and oxygen atoms in total. The van der Waals surface area contributed by atoms with Gasteiger partial charge >= 0.3 is 0 Å². The second kappa shape index (κ2) is 6.45. The van der Waals surface area contributed by atoms with Crippen LogP contribution in [0.15, 0.2) is 28.8 Å². The lowest BCUT2D eigenvalue weighted by atomic mass is 9.91. The van der Waals surface area contributed by atoms with Gasteiger partial charge in [0.05, 0.1) is 12.6 Å². The first-order valence-electron chi connectivity index (χ1n) is 6.95. The number of hydrogen-bond donors (Lipinski definition) is 1. The van der Waals surface area contributed by atoms with Crippen molar-refractivity contribution in [1.82, 2.24) is 15.5 Å². The van der Waals surface area contributed by atoms with Crippen molar-refractivity contribution in [3.8, 4) is 17.1 Å². The molecule has 0 saturated carbocycles. The van der Waals surface area contributed by atoms with Gasteiger partial charge in [-0.15, -0.1) is 12.4 Å². The average Bonchev–Trinajstić information content (AvgIpc) is 2.99. The van der Waals surface area contributed by atoms with E-state index < -0.39 is 0 Å². The first kappa shape index (κ1) is 15.8. The predicted octanol–water partition coefficient (Wildman–Crippen LogP) is 3.16. The smallest absolute Gasteiger partial charge is 0.246 e. The van der Waals surface area contributed by atoms with E-state index in [2.05, 4.69) is 22.4 Å². The van der Waals surface area contributed by atoms with Crippen LogP contribution in [0.2, 0.25) is 0 Å². The van der Waals surface area contributed by atoms with Crippen LogP contribution in [-0.4, -0.2) is 23.8 Å². The van der Waals surface area contributed by atoms with E-state index in [-0.39, 0.29) is 17.9 Å². The van der Waals surface area contributed by atoms with Crippen molar-refractivity contribution in [2.45, 2.75) is 31.7 Å². The van der Waals surface area contributed by atoms with Gasteiger partial charge in [0.15, 0.2) is 0 Å². The Morgan fingerprint density at radius 1 is 1.33 bits per heavy atom. The summed E-state index contributed by atoms with van der Waals surface area (Å²) in [6.45, 7) is 3.11. The van der Waals surface area contributed by atoms with E-state index in [0.29, 0.717) is 11.7 Å². The van der Waals surface area contributed by atoms with Crippen molar-refractivity contribution in [2.75, 3.05) is 13.7 Å². The highest BCUT2D eigenvalue weighted by Crippen LogP contribution is 2.30. The molecule has 1 atom stereocenters. The summed E-state index contributed by atoms with van der Waals surface area (Å²) < 4.78 is 10.7. The van der Waals surface area contributed by atoms with Gasteiger partial charge in [-0.25, -0.2) is 0 Å².